The van der Waals surface area contributed by atoms with Gasteiger partial charge < -0.3 is 5.32 Å². The van der Waals surface area contributed by atoms with Crippen LogP contribution in [0.5, 0.6) is 0 Å². The number of rotatable bonds is 5. The number of aromatic nitrogens is 2. The van der Waals surface area contributed by atoms with E-state index in [2.05, 4.69) is 10.4 Å². The number of para-hydroxylation sites is 1. The van der Waals surface area contributed by atoms with Crippen molar-refractivity contribution >= 4 is 70.1 Å². The Bertz CT molecular complexity index is 1050. The number of hydrogen-bond acceptors (Lipinski definition) is 5. The molecule has 4 nitrogen and oxygen atoms in total. The maximum Gasteiger partial charge on any atom is 0.237 e. The van der Waals surface area contributed by atoms with Crippen LogP contribution in [0.15, 0.2) is 46.8 Å². The molecule has 10 heteroatoms. The van der Waals surface area contributed by atoms with Gasteiger partial charge in [-0.05, 0) is 49.5 Å². The summed E-state index contributed by atoms with van der Waals surface area (Å²) in [6.07, 6.45) is 0. The number of amides is 1. The van der Waals surface area contributed by atoms with Gasteiger partial charge in [-0.3, -0.25) is 4.79 Å². The van der Waals surface area contributed by atoms with Gasteiger partial charge in [-0.1, -0.05) is 58.4 Å². The number of nitrogens with zero attached hydrogens (tertiary/aromatic N) is 2. The molecule has 1 N–H and O–H groups in total. The summed E-state index contributed by atoms with van der Waals surface area (Å²) in [6, 6.07) is 11.1. The minimum Gasteiger partial charge on any atom is -0.323 e. The highest BCUT2D eigenvalue weighted by Crippen LogP contribution is 2.30. The molecule has 2 aromatic carbocycles. The summed E-state index contributed by atoms with van der Waals surface area (Å²) >= 11 is 19.8. The van der Waals surface area contributed by atoms with Gasteiger partial charge in [0, 0.05) is 0 Å². The molecule has 3 rings (SSSR count). The van der Waals surface area contributed by atoms with E-state index in [4.69, 9.17) is 35.4 Å². The first kappa shape index (κ1) is 20.3. The van der Waals surface area contributed by atoms with Crippen molar-refractivity contribution in [3.05, 3.63) is 62.3 Å². The van der Waals surface area contributed by atoms with Crippen LogP contribution in [0.1, 0.15) is 6.92 Å². The van der Waals surface area contributed by atoms with E-state index in [1.807, 2.05) is 0 Å². The van der Waals surface area contributed by atoms with Crippen molar-refractivity contribution in [2.45, 2.75) is 16.5 Å². The molecule has 0 fully saturated rings. The van der Waals surface area contributed by atoms with E-state index >= 15 is 0 Å². The molecular formula is C17H12Cl2FN3OS3. The van der Waals surface area contributed by atoms with Gasteiger partial charge in [0.05, 0.1) is 26.7 Å². The summed E-state index contributed by atoms with van der Waals surface area (Å²) in [4.78, 5) is 12.3. The fraction of sp³-hybridized carbons (Fsp3) is 0.118. The number of halogens is 3. The van der Waals surface area contributed by atoms with Gasteiger partial charge in [-0.2, -0.15) is 0 Å². The molecule has 1 amide bonds. The number of hydrogen-bond donors (Lipinski definition) is 1. The number of nitrogens with one attached hydrogen (secondary N) is 1. The quantitative estimate of drug-likeness (QED) is 0.362. The van der Waals surface area contributed by atoms with Crippen LogP contribution < -0.4 is 5.32 Å². The Morgan fingerprint density at radius 1 is 1.30 bits per heavy atom. The van der Waals surface area contributed by atoms with Crippen LogP contribution in [-0.2, 0) is 4.79 Å². The average Bonchev–Trinajstić information content (AvgIpc) is 2.99. The highest BCUT2D eigenvalue weighted by molar-refractivity contribution is 8.02. The number of carbonyl (C=O) groups excluding carboxylic acids is 1. The van der Waals surface area contributed by atoms with E-state index in [0.717, 1.165) is 0 Å². The highest BCUT2D eigenvalue weighted by Gasteiger charge is 2.19. The Morgan fingerprint density at radius 2 is 2.04 bits per heavy atom. The summed E-state index contributed by atoms with van der Waals surface area (Å²) in [7, 11) is 0. The van der Waals surface area contributed by atoms with Crippen molar-refractivity contribution in [1.82, 2.24) is 9.78 Å². The van der Waals surface area contributed by atoms with E-state index in [1.54, 1.807) is 41.9 Å². The van der Waals surface area contributed by atoms with Gasteiger partial charge in [0.1, 0.15) is 5.82 Å². The molecule has 0 aliphatic heterocycles. The molecule has 1 atom stereocenters. The third kappa shape index (κ3) is 4.89. The summed E-state index contributed by atoms with van der Waals surface area (Å²) in [6.45, 7) is 1.72. The Labute approximate surface area is 178 Å². The SMILES string of the molecule is C[C@H](Sc1nn(-c2ccc(Cl)c(Cl)c2)c(=S)s1)C(=O)Nc1ccccc1F. The smallest absolute Gasteiger partial charge is 0.237 e. The van der Waals surface area contributed by atoms with Crippen molar-refractivity contribution in [1.29, 1.82) is 0 Å². The first-order chi connectivity index (χ1) is 12.8. The molecule has 27 heavy (non-hydrogen) atoms. The van der Waals surface area contributed by atoms with Gasteiger partial charge in [0.15, 0.2) is 8.29 Å². The molecule has 1 heterocycles. The molecule has 0 saturated carbocycles. The monoisotopic (exact) mass is 459 g/mol. The van der Waals surface area contributed by atoms with Gasteiger partial charge in [0.25, 0.3) is 0 Å². The maximum atomic E-state index is 13.7. The van der Waals surface area contributed by atoms with E-state index in [0.29, 0.717) is 24.0 Å². The molecule has 0 radical (unpaired) electrons. The van der Waals surface area contributed by atoms with Crippen LogP contribution in [0.4, 0.5) is 10.1 Å². The Kier molecular flexibility index (Phi) is 6.54. The van der Waals surface area contributed by atoms with Crippen molar-refractivity contribution in [3.63, 3.8) is 0 Å². The van der Waals surface area contributed by atoms with E-state index in [1.165, 1.54) is 35.2 Å². The number of thioether (sulfide) groups is 1. The summed E-state index contributed by atoms with van der Waals surface area (Å²) in [5, 5.41) is 7.36. The molecule has 0 aliphatic carbocycles. The van der Waals surface area contributed by atoms with Crippen LogP contribution in [-0.4, -0.2) is 20.9 Å². The van der Waals surface area contributed by atoms with Crippen LogP contribution in [0.3, 0.4) is 0 Å². The number of anilines is 1. The third-order valence-corrected chi connectivity index (χ3v) is 6.61. The van der Waals surface area contributed by atoms with Crippen LogP contribution in [0, 0.1) is 9.77 Å². The second-order valence-electron chi connectivity index (χ2n) is 5.37. The van der Waals surface area contributed by atoms with E-state index in [9.17, 15) is 9.18 Å². The summed E-state index contributed by atoms with van der Waals surface area (Å²) < 4.78 is 16.4. The predicted octanol–water partition coefficient (Wildman–Crippen LogP) is 6.23. The third-order valence-electron chi connectivity index (χ3n) is 3.46. The lowest BCUT2D eigenvalue weighted by molar-refractivity contribution is -0.115. The minimum atomic E-state index is -0.493. The molecule has 3 aromatic rings. The molecule has 0 unspecified atom stereocenters. The lowest BCUT2D eigenvalue weighted by Gasteiger charge is -2.10. The van der Waals surface area contributed by atoms with Crippen molar-refractivity contribution < 1.29 is 9.18 Å². The van der Waals surface area contributed by atoms with Crippen LogP contribution in [0.25, 0.3) is 5.69 Å². The summed E-state index contributed by atoms with van der Waals surface area (Å²) in [5.74, 6) is -0.810. The first-order valence-corrected chi connectivity index (χ1v) is 10.5. The van der Waals surface area contributed by atoms with E-state index in [-0.39, 0.29) is 11.6 Å². The Hall–Kier alpha value is -1.45. The average molecular weight is 460 g/mol. The van der Waals surface area contributed by atoms with Crippen molar-refractivity contribution in [3.8, 4) is 5.69 Å². The maximum absolute atomic E-state index is 13.7. The largest absolute Gasteiger partial charge is 0.323 e. The second-order valence-corrected chi connectivity index (χ2v) is 9.40. The van der Waals surface area contributed by atoms with Crippen LogP contribution >= 0.6 is 58.5 Å². The number of carbonyl (C=O) groups is 1. The molecule has 1 aromatic heterocycles. The van der Waals surface area contributed by atoms with Gasteiger partial charge in [-0.25, -0.2) is 9.07 Å². The summed E-state index contributed by atoms with van der Waals surface area (Å²) in [5.41, 5.74) is 0.824. The number of benzene rings is 2. The minimum absolute atomic E-state index is 0.143. The Morgan fingerprint density at radius 3 is 2.74 bits per heavy atom. The molecule has 0 aliphatic rings. The second kappa shape index (κ2) is 8.70. The standard InChI is InChI=1S/C17H12Cl2FN3OS3/c1-9(15(24)21-14-5-3-2-4-13(14)20)26-16-22-23(17(25)27-16)10-6-7-11(18)12(19)8-10/h2-9H,1H3,(H,21,24)/t9-/m0/s1. The fourth-order valence-electron chi connectivity index (χ4n) is 2.09. The topological polar surface area (TPSA) is 46.9 Å². The highest BCUT2D eigenvalue weighted by atomic mass is 35.5. The normalized spacial score (nSPS) is 12.0. The van der Waals surface area contributed by atoms with Gasteiger partial charge in [-0.15, -0.1) is 5.10 Å². The predicted molar refractivity (Wildman–Crippen MR) is 113 cm³/mol. The Balaban J connectivity index is 1.74. The molecule has 0 saturated heterocycles. The lowest BCUT2D eigenvalue weighted by atomic mass is 10.3. The zero-order chi connectivity index (χ0) is 19.6. The molecule has 140 valence electrons. The molecule has 0 bridgehead atoms. The first-order valence-electron chi connectivity index (χ1n) is 7.63. The fourth-order valence-corrected chi connectivity index (χ4v) is 4.89. The zero-order valence-electron chi connectivity index (χ0n) is 13.8. The molecular weight excluding hydrogens is 448 g/mol. The van der Waals surface area contributed by atoms with Gasteiger partial charge >= 0.3 is 0 Å². The van der Waals surface area contributed by atoms with Crippen molar-refractivity contribution in [2.75, 3.05) is 5.32 Å². The zero-order valence-corrected chi connectivity index (χ0v) is 17.7. The molecule has 0 spiro atoms. The van der Waals surface area contributed by atoms with Crippen molar-refractivity contribution in [2.24, 2.45) is 0 Å². The van der Waals surface area contributed by atoms with E-state index < -0.39 is 11.1 Å². The van der Waals surface area contributed by atoms with Gasteiger partial charge in [0.2, 0.25) is 5.91 Å². The van der Waals surface area contributed by atoms with Crippen LogP contribution in [0.2, 0.25) is 10.0 Å². The lowest BCUT2D eigenvalue weighted by Crippen LogP contribution is -2.22.